The second kappa shape index (κ2) is 3.88. The molecule has 0 radical (unpaired) electrons. The quantitative estimate of drug-likeness (QED) is 0.566. The topological polar surface area (TPSA) is 50.4 Å². The Hall–Kier alpha value is -1.58. The van der Waals surface area contributed by atoms with Gasteiger partial charge in [-0.3, -0.25) is 4.99 Å². The van der Waals surface area contributed by atoms with Crippen LogP contribution in [0.15, 0.2) is 29.3 Å². The van der Waals surface area contributed by atoms with E-state index >= 15 is 0 Å². The Balaban J connectivity index is 1.96. The Morgan fingerprint density at radius 1 is 1.47 bits per heavy atom. The highest BCUT2D eigenvalue weighted by atomic mass is 19.1. The van der Waals surface area contributed by atoms with Gasteiger partial charge in [0.2, 0.25) is 0 Å². The fourth-order valence-electron chi connectivity index (χ4n) is 1.69. The molecule has 2 atom stereocenters. The lowest BCUT2D eigenvalue weighted by atomic mass is 10.1. The molecule has 1 fully saturated rings. The van der Waals surface area contributed by atoms with Gasteiger partial charge in [-0.25, -0.2) is 4.39 Å². The number of benzene rings is 1. The molecular formula is C11H14FN3. The Morgan fingerprint density at radius 2 is 2.13 bits per heavy atom. The predicted molar refractivity (Wildman–Crippen MR) is 58.2 cm³/mol. The number of nitrogens with one attached hydrogen (secondary N) is 1. The van der Waals surface area contributed by atoms with Crippen molar-refractivity contribution in [3.8, 4) is 0 Å². The Morgan fingerprint density at radius 3 is 2.73 bits per heavy atom. The SMILES string of the molecule is CN=C(N)N[C@@H]1C[C@H]1c1ccc(F)cc1. The first-order valence-corrected chi connectivity index (χ1v) is 4.95. The maximum atomic E-state index is 12.7. The van der Waals surface area contributed by atoms with Crippen molar-refractivity contribution in [3.63, 3.8) is 0 Å². The highest BCUT2D eigenvalue weighted by molar-refractivity contribution is 5.78. The van der Waals surface area contributed by atoms with Gasteiger partial charge in [0.1, 0.15) is 5.82 Å². The van der Waals surface area contributed by atoms with E-state index < -0.39 is 0 Å². The van der Waals surface area contributed by atoms with Gasteiger partial charge in [0, 0.05) is 19.0 Å². The van der Waals surface area contributed by atoms with E-state index in [-0.39, 0.29) is 5.82 Å². The zero-order valence-corrected chi connectivity index (χ0v) is 8.57. The van der Waals surface area contributed by atoms with Gasteiger partial charge >= 0.3 is 0 Å². The molecule has 0 heterocycles. The minimum absolute atomic E-state index is 0.196. The summed E-state index contributed by atoms with van der Waals surface area (Å²) < 4.78 is 12.7. The van der Waals surface area contributed by atoms with E-state index in [0.29, 0.717) is 17.9 Å². The summed E-state index contributed by atoms with van der Waals surface area (Å²) in [5, 5.41) is 3.10. The summed E-state index contributed by atoms with van der Waals surface area (Å²) in [7, 11) is 1.65. The highest BCUT2D eigenvalue weighted by Crippen LogP contribution is 2.40. The molecule has 0 spiro atoms. The lowest BCUT2D eigenvalue weighted by Crippen LogP contribution is -2.33. The zero-order valence-electron chi connectivity index (χ0n) is 8.57. The van der Waals surface area contributed by atoms with Crippen LogP contribution in [0, 0.1) is 5.82 Å². The zero-order chi connectivity index (χ0) is 10.8. The molecule has 15 heavy (non-hydrogen) atoms. The number of guanidine groups is 1. The van der Waals surface area contributed by atoms with E-state index in [9.17, 15) is 4.39 Å². The third kappa shape index (κ3) is 2.26. The maximum absolute atomic E-state index is 12.7. The molecule has 0 saturated heterocycles. The molecule has 2 rings (SSSR count). The van der Waals surface area contributed by atoms with Gasteiger partial charge in [0.25, 0.3) is 0 Å². The number of nitrogens with zero attached hydrogens (tertiary/aromatic N) is 1. The molecule has 1 aromatic carbocycles. The molecule has 1 aliphatic carbocycles. The van der Waals surface area contributed by atoms with Crippen LogP contribution in [0.1, 0.15) is 17.9 Å². The second-order valence-corrected chi connectivity index (χ2v) is 3.75. The van der Waals surface area contributed by atoms with Crippen molar-refractivity contribution in [1.82, 2.24) is 5.32 Å². The van der Waals surface area contributed by atoms with Crippen molar-refractivity contribution in [2.24, 2.45) is 10.7 Å². The van der Waals surface area contributed by atoms with E-state index in [1.54, 1.807) is 7.05 Å². The molecule has 3 nitrogen and oxygen atoms in total. The molecule has 1 saturated carbocycles. The number of nitrogens with two attached hydrogens (primary N) is 1. The molecule has 0 amide bonds. The second-order valence-electron chi connectivity index (χ2n) is 3.75. The lowest BCUT2D eigenvalue weighted by molar-refractivity contribution is 0.627. The fourth-order valence-corrected chi connectivity index (χ4v) is 1.69. The first kappa shape index (κ1) is 9.96. The molecule has 0 aromatic heterocycles. The van der Waals surface area contributed by atoms with Crippen molar-refractivity contribution in [1.29, 1.82) is 0 Å². The van der Waals surface area contributed by atoms with Crippen LogP contribution in [0.4, 0.5) is 4.39 Å². The van der Waals surface area contributed by atoms with Gasteiger partial charge in [0.15, 0.2) is 5.96 Å². The largest absolute Gasteiger partial charge is 0.370 e. The molecule has 1 aromatic rings. The minimum atomic E-state index is -0.196. The van der Waals surface area contributed by atoms with Gasteiger partial charge in [-0.05, 0) is 24.1 Å². The molecule has 3 N–H and O–H groups in total. The molecule has 4 heteroatoms. The standard InChI is InChI=1S/C11H14FN3/c1-14-11(13)15-10-6-9(10)7-2-4-8(12)5-3-7/h2-5,9-10H,6H2,1H3,(H3,13,14,15)/t9-,10+/m0/s1. The van der Waals surface area contributed by atoms with E-state index in [0.717, 1.165) is 12.0 Å². The van der Waals surface area contributed by atoms with Crippen LogP contribution >= 0.6 is 0 Å². The predicted octanol–water partition coefficient (Wildman–Crippen LogP) is 1.22. The normalized spacial score (nSPS) is 25.1. The van der Waals surface area contributed by atoms with Crippen LogP contribution in [0.25, 0.3) is 0 Å². The maximum Gasteiger partial charge on any atom is 0.188 e. The summed E-state index contributed by atoms with van der Waals surface area (Å²) >= 11 is 0. The van der Waals surface area contributed by atoms with Crippen LogP contribution in [0.2, 0.25) is 0 Å². The smallest absolute Gasteiger partial charge is 0.188 e. The molecule has 0 unspecified atom stereocenters. The third-order valence-corrected chi connectivity index (χ3v) is 2.66. The summed E-state index contributed by atoms with van der Waals surface area (Å²) in [6.45, 7) is 0. The van der Waals surface area contributed by atoms with Crippen LogP contribution in [0.5, 0.6) is 0 Å². The average molecular weight is 207 g/mol. The molecular weight excluding hydrogens is 193 g/mol. The number of rotatable bonds is 2. The number of hydrogen-bond donors (Lipinski definition) is 2. The highest BCUT2D eigenvalue weighted by Gasteiger charge is 2.38. The number of aliphatic imine (C=N–C) groups is 1. The minimum Gasteiger partial charge on any atom is -0.370 e. The third-order valence-electron chi connectivity index (χ3n) is 2.66. The van der Waals surface area contributed by atoms with Gasteiger partial charge in [-0.2, -0.15) is 0 Å². The van der Waals surface area contributed by atoms with Crippen LogP contribution < -0.4 is 11.1 Å². The summed E-state index contributed by atoms with van der Waals surface area (Å²) in [4.78, 5) is 3.83. The van der Waals surface area contributed by atoms with Crippen LogP contribution in [0.3, 0.4) is 0 Å². The van der Waals surface area contributed by atoms with Gasteiger partial charge in [-0.15, -0.1) is 0 Å². The lowest BCUT2D eigenvalue weighted by Gasteiger charge is -2.03. The van der Waals surface area contributed by atoms with Gasteiger partial charge < -0.3 is 11.1 Å². The Labute approximate surface area is 88.2 Å². The first-order chi connectivity index (χ1) is 7.20. The van der Waals surface area contributed by atoms with Crippen molar-refractivity contribution >= 4 is 5.96 Å². The summed E-state index contributed by atoms with van der Waals surface area (Å²) in [6.07, 6.45) is 1.03. The Bertz CT molecular complexity index is 372. The number of halogens is 1. The van der Waals surface area contributed by atoms with Crippen molar-refractivity contribution in [2.45, 2.75) is 18.4 Å². The fraction of sp³-hybridized carbons (Fsp3) is 0.364. The van der Waals surface area contributed by atoms with E-state index in [2.05, 4.69) is 10.3 Å². The van der Waals surface area contributed by atoms with Gasteiger partial charge in [-0.1, -0.05) is 12.1 Å². The van der Waals surface area contributed by atoms with Crippen LogP contribution in [-0.4, -0.2) is 19.0 Å². The summed E-state index contributed by atoms with van der Waals surface area (Å²) in [5.74, 6) is 0.703. The summed E-state index contributed by atoms with van der Waals surface area (Å²) in [6, 6.07) is 6.96. The van der Waals surface area contributed by atoms with Gasteiger partial charge in [0.05, 0.1) is 0 Å². The first-order valence-electron chi connectivity index (χ1n) is 4.95. The number of hydrogen-bond acceptors (Lipinski definition) is 1. The molecule has 80 valence electrons. The van der Waals surface area contributed by atoms with E-state index in [1.807, 2.05) is 12.1 Å². The van der Waals surface area contributed by atoms with Crippen LogP contribution in [-0.2, 0) is 0 Å². The van der Waals surface area contributed by atoms with E-state index in [4.69, 9.17) is 5.73 Å². The van der Waals surface area contributed by atoms with E-state index in [1.165, 1.54) is 12.1 Å². The van der Waals surface area contributed by atoms with Crippen molar-refractivity contribution in [2.75, 3.05) is 7.05 Å². The van der Waals surface area contributed by atoms with Crippen molar-refractivity contribution < 1.29 is 4.39 Å². The average Bonchev–Trinajstić information content (AvgIpc) is 2.98. The molecule has 1 aliphatic rings. The summed E-state index contributed by atoms with van der Waals surface area (Å²) in [5.41, 5.74) is 6.71. The molecule has 0 bridgehead atoms. The van der Waals surface area contributed by atoms with Crippen molar-refractivity contribution in [3.05, 3.63) is 35.6 Å². The monoisotopic (exact) mass is 207 g/mol. The molecule has 0 aliphatic heterocycles. The Kier molecular flexibility index (Phi) is 2.58.